The molecule has 1 saturated heterocycles. The summed E-state index contributed by atoms with van der Waals surface area (Å²) in [6, 6.07) is 10.4. The van der Waals surface area contributed by atoms with E-state index >= 15 is 0 Å². The van der Waals surface area contributed by atoms with Crippen LogP contribution in [0.15, 0.2) is 46.0 Å². The van der Waals surface area contributed by atoms with Crippen LogP contribution >= 0.6 is 11.3 Å². The summed E-state index contributed by atoms with van der Waals surface area (Å²) >= 11 is 1.20. The third-order valence-electron chi connectivity index (χ3n) is 4.57. The largest absolute Gasteiger partial charge is 0.495 e. The monoisotopic (exact) mass is 409 g/mol. The van der Waals surface area contributed by atoms with Crippen LogP contribution in [0.5, 0.6) is 5.75 Å². The first-order valence-electron chi connectivity index (χ1n) is 8.71. The van der Waals surface area contributed by atoms with E-state index < -0.39 is 10.0 Å². The van der Waals surface area contributed by atoms with Crippen LogP contribution in [-0.2, 0) is 10.0 Å². The molecule has 1 aromatic carbocycles. The molecule has 0 unspecified atom stereocenters. The third kappa shape index (κ3) is 5.00. The summed E-state index contributed by atoms with van der Waals surface area (Å²) in [6.07, 6.45) is 1.51. The number of nitrogens with one attached hydrogen (secondary N) is 2. The van der Waals surface area contributed by atoms with E-state index in [-0.39, 0.29) is 11.9 Å². The summed E-state index contributed by atoms with van der Waals surface area (Å²) in [4.78, 5) is 14.2. The Kier molecular flexibility index (Phi) is 6.35. The Morgan fingerprint density at radius 3 is 2.63 bits per heavy atom. The zero-order valence-electron chi connectivity index (χ0n) is 15.1. The number of ether oxygens (including phenoxy) is 1. The smallest absolute Gasteiger partial charge is 0.321 e. The van der Waals surface area contributed by atoms with Gasteiger partial charge in [0.1, 0.15) is 9.96 Å². The Bertz CT molecular complexity index is 860. The second-order valence-electron chi connectivity index (χ2n) is 6.34. The van der Waals surface area contributed by atoms with Crippen molar-refractivity contribution in [3.05, 3.63) is 41.8 Å². The Morgan fingerprint density at radius 2 is 1.96 bits per heavy atom. The van der Waals surface area contributed by atoms with Crippen LogP contribution < -0.4 is 14.8 Å². The van der Waals surface area contributed by atoms with Crippen molar-refractivity contribution >= 4 is 33.1 Å². The molecule has 9 heteroatoms. The highest BCUT2D eigenvalue weighted by Gasteiger charge is 2.25. The molecule has 1 fully saturated rings. The van der Waals surface area contributed by atoms with Crippen LogP contribution in [0, 0.1) is 5.92 Å². The van der Waals surface area contributed by atoms with E-state index in [9.17, 15) is 13.2 Å². The number of amides is 2. The van der Waals surface area contributed by atoms with Crippen LogP contribution in [0.2, 0.25) is 0 Å². The maximum atomic E-state index is 12.5. The van der Waals surface area contributed by atoms with E-state index in [0.29, 0.717) is 35.3 Å². The average molecular weight is 410 g/mol. The number of nitrogens with zero attached hydrogens (tertiary/aromatic N) is 1. The van der Waals surface area contributed by atoms with Gasteiger partial charge in [0.05, 0.1) is 12.8 Å². The summed E-state index contributed by atoms with van der Waals surface area (Å²) in [5, 5.41) is 4.62. The van der Waals surface area contributed by atoms with E-state index in [2.05, 4.69) is 10.0 Å². The van der Waals surface area contributed by atoms with Crippen LogP contribution in [0.4, 0.5) is 10.5 Å². The van der Waals surface area contributed by atoms with Gasteiger partial charge in [-0.25, -0.2) is 17.9 Å². The van der Waals surface area contributed by atoms with Gasteiger partial charge in [0.25, 0.3) is 0 Å². The van der Waals surface area contributed by atoms with Crippen LogP contribution in [-0.4, -0.2) is 46.1 Å². The molecule has 0 saturated carbocycles. The van der Waals surface area contributed by atoms with Gasteiger partial charge in [-0.1, -0.05) is 18.2 Å². The van der Waals surface area contributed by atoms with Gasteiger partial charge < -0.3 is 15.0 Å². The molecule has 3 rings (SSSR count). The number of piperidine rings is 1. The molecule has 146 valence electrons. The predicted octanol–water partition coefficient (Wildman–Crippen LogP) is 2.98. The number of rotatable bonds is 6. The predicted molar refractivity (Wildman–Crippen MR) is 106 cm³/mol. The van der Waals surface area contributed by atoms with Crippen molar-refractivity contribution < 1.29 is 17.9 Å². The number of carbonyl (C=O) groups excluding carboxylic acids is 1. The van der Waals surface area contributed by atoms with Gasteiger partial charge >= 0.3 is 6.03 Å². The lowest BCUT2D eigenvalue weighted by atomic mass is 9.97. The van der Waals surface area contributed by atoms with E-state index in [0.717, 1.165) is 12.8 Å². The molecule has 2 heterocycles. The standard InChI is InChI=1S/C18H23N3O4S2/c1-25-16-6-3-2-5-15(16)20-18(22)21-10-8-14(9-11-21)13-19-27(23,24)17-7-4-12-26-17/h2-7,12,14,19H,8-11,13H2,1H3,(H,20,22). The van der Waals surface area contributed by atoms with Crippen molar-refractivity contribution in [2.45, 2.75) is 17.1 Å². The fraction of sp³-hybridized carbons (Fsp3) is 0.389. The minimum absolute atomic E-state index is 0.169. The molecule has 27 heavy (non-hydrogen) atoms. The van der Waals surface area contributed by atoms with Gasteiger partial charge in [-0.05, 0) is 42.3 Å². The lowest BCUT2D eigenvalue weighted by molar-refractivity contribution is 0.183. The highest BCUT2D eigenvalue weighted by atomic mass is 32.2. The Labute approximate surface area is 163 Å². The molecule has 7 nitrogen and oxygen atoms in total. The SMILES string of the molecule is COc1ccccc1NC(=O)N1CCC(CNS(=O)(=O)c2cccs2)CC1. The molecule has 0 bridgehead atoms. The second-order valence-corrected chi connectivity index (χ2v) is 9.29. The molecule has 1 aromatic heterocycles. The molecule has 2 N–H and O–H groups in total. The van der Waals surface area contributed by atoms with Crippen molar-refractivity contribution in [2.75, 3.05) is 32.1 Å². The number of para-hydroxylation sites is 2. The summed E-state index contributed by atoms with van der Waals surface area (Å²) in [6.45, 7) is 1.57. The van der Waals surface area contributed by atoms with E-state index in [1.54, 1.807) is 41.7 Å². The molecule has 1 aliphatic heterocycles. The zero-order chi connectivity index (χ0) is 19.3. The number of thiophene rings is 1. The van der Waals surface area contributed by atoms with E-state index in [4.69, 9.17) is 4.74 Å². The molecule has 0 atom stereocenters. The minimum Gasteiger partial charge on any atom is -0.495 e. The van der Waals surface area contributed by atoms with Gasteiger partial charge in [0.15, 0.2) is 0 Å². The van der Waals surface area contributed by atoms with E-state index in [1.165, 1.54) is 11.3 Å². The van der Waals surface area contributed by atoms with Crippen molar-refractivity contribution in [1.82, 2.24) is 9.62 Å². The fourth-order valence-electron chi connectivity index (χ4n) is 3.00. The van der Waals surface area contributed by atoms with Crippen LogP contribution in [0.25, 0.3) is 0 Å². The van der Waals surface area contributed by atoms with Gasteiger partial charge in [-0.3, -0.25) is 0 Å². The summed E-state index contributed by atoms with van der Waals surface area (Å²) < 4.78 is 32.6. The van der Waals surface area contributed by atoms with Gasteiger partial charge in [0.2, 0.25) is 10.0 Å². The van der Waals surface area contributed by atoms with Gasteiger partial charge in [-0.2, -0.15) is 0 Å². The molecular weight excluding hydrogens is 386 g/mol. The van der Waals surface area contributed by atoms with Crippen LogP contribution in [0.3, 0.4) is 0 Å². The summed E-state index contributed by atoms with van der Waals surface area (Å²) in [5.74, 6) is 0.832. The van der Waals surface area contributed by atoms with Crippen molar-refractivity contribution in [1.29, 1.82) is 0 Å². The first-order valence-corrected chi connectivity index (χ1v) is 11.1. The highest BCUT2D eigenvalue weighted by Crippen LogP contribution is 2.25. The second kappa shape index (κ2) is 8.73. The maximum Gasteiger partial charge on any atom is 0.321 e. The average Bonchev–Trinajstić information content (AvgIpc) is 3.23. The first kappa shape index (κ1) is 19.7. The maximum absolute atomic E-state index is 12.5. The Morgan fingerprint density at radius 1 is 1.22 bits per heavy atom. The highest BCUT2D eigenvalue weighted by molar-refractivity contribution is 7.91. The molecule has 0 radical (unpaired) electrons. The quantitative estimate of drug-likeness (QED) is 0.768. The van der Waals surface area contributed by atoms with Crippen molar-refractivity contribution in [2.24, 2.45) is 5.92 Å². The number of sulfonamides is 1. The normalized spacial score (nSPS) is 15.5. The Hall–Kier alpha value is -2.10. The third-order valence-corrected chi connectivity index (χ3v) is 7.39. The lowest BCUT2D eigenvalue weighted by Crippen LogP contribution is -2.43. The van der Waals surface area contributed by atoms with Crippen molar-refractivity contribution in [3.8, 4) is 5.75 Å². The number of hydrogen-bond acceptors (Lipinski definition) is 5. The molecule has 1 aliphatic rings. The first-order chi connectivity index (χ1) is 13.0. The van der Waals surface area contributed by atoms with Crippen LogP contribution in [0.1, 0.15) is 12.8 Å². The number of carbonyl (C=O) groups is 1. The summed E-state index contributed by atoms with van der Waals surface area (Å²) in [5.41, 5.74) is 0.635. The van der Waals surface area contributed by atoms with Crippen molar-refractivity contribution in [3.63, 3.8) is 0 Å². The Balaban J connectivity index is 1.48. The molecule has 2 aromatic rings. The number of likely N-dealkylation sites (tertiary alicyclic amines) is 1. The molecule has 0 spiro atoms. The lowest BCUT2D eigenvalue weighted by Gasteiger charge is -2.32. The fourth-order valence-corrected chi connectivity index (χ4v) is 5.15. The topological polar surface area (TPSA) is 87.7 Å². The van der Waals surface area contributed by atoms with E-state index in [1.807, 2.05) is 12.1 Å². The summed E-state index contributed by atoms with van der Waals surface area (Å²) in [7, 11) is -1.87. The number of benzene rings is 1. The molecule has 0 aliphatic carbocycles. The van der Waals surface area contributed by atoms with Gasteiger partial charge in [0, 0.05) is 19.6 Å². The number of hydrogen-bond donors (Lipinski definition) is 2. The zero-order valence-corrected chi connectivity index (χ0v) is 16.7. The number of anilines is 1. The minimum atomic E-state index is -3.43. The molecular formula is C18H23N3O4S2. The number of methoxy groups -OCH3 is 1. The van der Waals surface area contributed by atoms with Gasteiger partial charge in [-0.15, -0.1) is 11.3 Å². The molecule has 2 amide bonds. The number of urea groups is 1.